The summed E-state index contributed by atoms with van der Waals surface area (Å²) in [7, 11) is 0. The van der Waals surface area contributed by atoms with Gasteiger partial charge in [-0.25, -0.2) is 4.98 Å². The Kier molecular flexibility index (Phi) is 2.90. The first kappa shape index (κ1) is 10.7. The summed E-state index contributed by atoms with van der Waals surface area (Å²) in [4.78, 5) is 17.7. The van der Waals surface area contributed by atoms with Crippen molar-refractivity contribution < 1.29 is 28.7 Å². The van der Waals surface area contributed by atoms with Crippen molar-refractivity contribution in [2.45, 2.75) is 90.7 Å². The number of pyridine rings is 1. The number of amides is 1. The van der Waals surface area contributed by atoms with E-state index in [4.69, 9.17) is 19.8 Å². The molecule has 0 unspecified atom stereocenters. The highest BCUT2D eigenvalue weighted by molar-refractivity contribution is 5.77. The first-order valence-corrected chi connectivity index (χ1v) is 10.4. The van der Waals surface area contributed by atoms with Crippen molar-refractivity contribution in [2.24, 2.45) is 5.89 Å². The van der Waals surface area contributed by atoms with Crippen LogP contribution in [0.5, 0.6) is 0 Å². The standard InChI is InChI=1S/C25H36N4O2/c1-6-7-22(30)29-11-10-28(14-21(29)16(2)3)24-19(13-26)18-12-25(4,5)31-15-20(18)23(27-24)17-8-9-17/h16-17,21H,6-12,14-15H2,1-5H3/t21-/m0/s1/i2D3,3D3,10D2,11D2,14D2,16D,21D. The van der Waals surface area contributed by atoms with E-state index in [0.29, 0.717) is 29.7 Å². The Labute approximate surface area is 206 Å². The second-order valence-corrected chi connectivity index (χ2v) is 8.64. The van der Waals surface area contributed by atoms with Gasteiger partial charge in [0.1, 0.15) is 11.9 Å². The summed E-state index contributed by atoms with van der Waals surface area (Å²) in [6, 6.07) is -2.27. The summed E-state index contributed by atoms with van der Waals surface area (Å²) < 4.78 is 127. The molecule has 6 nitrogen and oxygen atoms in total. The normalized spacial score (nSPS) is 38.0. The molecule has 1 saturated carbocycles. The van der Waals surface area contributed by atoms with Crippen LogP contribution in [0.25, 0.3) is 0 Å². The fraction of sp³-hybridized carbons (Fsp3) is 0.720. The van der Waals surface area contributed by atoms with Crippen molar-refractivity contribution >= 4 is 11.7 Å². The molecule has 6 heteroatoms. The number of nitriles is 1. The Hall–Kier alpha value is -2.13. The molecule has 0 aromatic carbocycles. The van der Waals surface area contributed by atoms with Gasteiger partial charge in [0.05, 0.1) is 39.1 Å². The van der Waals surface area contributed by atoms with Crippen molar-refractivity contribution in [3.63, 3.8) is 0 Å². The quantitative estimate of drug-likeness (QED) is 0.690. The number of ether oxygens (including phenoxy) is 1. The zero-order valence-electron chi connectivity index (χ0n) is 31.9. The highest BCUT2D eigenvalue weighted by atomic mass is 16.5. The van der Waals surface area contributed by atoms with E-state index in [1.807, 2.05) is 6.07 Å². The molecule has 2 fully saturated rings. The van der Waals surface area contributed by atoms with Crippen LogP contribution in [0.1, 0.15) is 108 Å². The Morgan fingerprint density at radius 1 is 1.45 bits per heavy atom. The lowest BCUT2D eigenvalue weighted by molar-refractivity contribution is -0.135. The number of carbonyl (C=O) groups is 1. The van der Waals surface area contributed by atoms with Gasteiger partial charge in [-0.1, -0.05) is 20.6 Å². The lowest BCUT2D eigenvalue weighted by Crippen LogP contribution is -2.57. The van der Waals surface area contributed by atoms with Crippen molar-refractivity contribution in [1.82, 2.24) is 9.88 Å². The number of piperazine rings is 1. The Balaban J connectivity index is 2.20. The van der Waals surface area contributed by atoms with Crippen LogP contribution in [0.4, 0.5) is 5.82 Å². The highest BCUT2D eigenvalue weighted by Gasteiger charge is 2.39. The third kappa shape index (κ3) is 4.30. The van der Waals surface area contributed by atoms with Gasteiger partial charge in [0.2, 0.25) is 5.91 Å². The van der Waals surface area contributed by atoms with Crippen LogP contribution in [0.2, 0.25) is 0 Å². The van der Waals surface area contributed by atoms with E-state index in [9.17, 15) is 14.2 Å². The number of anilines is 1. The highest BCUT2D eigenvalue weighted by Crippen LogP contribution is 2.46. The molecule has 168 valence electrons. The Morgan fingerprint density at radius 3 is 2.87 bits per heavy atom. The topological polar surface area (TPSA) is 69.5 Å². The van der Waals surface area contributed by atoms with Gasteiger partial charge < -0.3 is 14.5 Å². The minimum Gasteiger partial charge on any atom is -0.370 e. The number of rotatable bonds is 5. The average Bonchev–Trinajstić information content (AvgIpc) is 3.70. The van der Waals surface area contributed by atoms with E-state index < -0.39 is 74.4 Å². The van der Waals surface area contributed by atoms with E-state index in [0.717, 1.165) is 0 Å². The van der Waals surface area contributed by atoms with Gasteiger partial charge in [-0.2, -0.15) is 5.26 Å². The maximum absolute atomic E-state index is 13.6. The molecular formula is C25H36N4O2. The predicted molar refractivity (Wildman–Crippen MR) is 121 cm³/mol. The lowest BCUT2D eigenvalue weighted by atomic mass is 9.87. The molecule has 0 N–H and O–H groups in total. The molecule has 31 heavy (non-hydrogen) atoms. The molecule has 1 atom stereocenters. The monoisotopic (exact) mass is 438 g/mol. The van der Waals surface area contributed by atoms with Crippen LogP contribution >= 0.6 is 0 Å². The molecule has 1 amide bonds. The summed E-state index contributed by atoms with van der Waals surface area (Å²) in [6.07, 6.45) is 0.672. The van der Waals surface area contributed by atoms with E-state index in [1.165, 1.54) is 6.92 Å². The first-order chi connectivity index (χ1) is 20.2. The van der Waals surface area contributed by atoms with E-state index >= 15 is 0 Å². The fourth-order valence-corrected chi connectivity index (χ4v) is 3.88. The van der Waals surface area contributed by atoms with Gasteiger partial charge in [-0.05, 0) is 44.6 Å². The Bertz CT molecular complexity index is 1420. The molecule has 1 saturated heterocycles. The fourth-order valence-electron chi connectivity index (χ4n) is 3.88. The minimum absolute atomic E-state index is 0.0172. The van der Waals surface area contributed by atoms with Crippen LogP contribution in [-0.4, -0.2) is 46.9 Å². The van der Waals surface area contributed by atoms with E-state index in [1.54, 1.807) is 13.8 Å². The van der Waals surface area contributed by atoms with Crippen LogP contribution in [-0.2, 0) is 22.6 Å². The second kappa shape index (κ2) is 8.43. The first-order valence-electron chi connectivity index (χ1n) is 17.4. The summed E-state index contributed by atoms with van der Waals surface area (Å²) in [5.41, 5.74) is -0.0749. The van der Waals surface area contributed by atoms with Gasteiger partial charge in [-0.15, -0.1) is 0 Å². The third-order valence-electron chi connectivity index (χ3n) is 5.59. The maximum Gasteiger partial charge on any atom is 0.222 e. The summed E-state index contributed by atoms with van der Waals surface area (Å²) in [5, 5.41) is 10.4. The Morgan fingerprint density at radius 2 is 2.23 bits per heavy atom. The van der Waals surface area contributed by atoms with Crippen LogP contribution in [0, 0.1) is 17.2 Å². The predicted octanol–water partition coefficient (Wildman–Crippen LogP) is 4.16. The number of nitrogens with zero attached hydrogens (tertiary/aromatic N) is 4. The molecular weight excluding hydrogens is 388 g/mol. The minimum atomic E-state index is -4.25. The molecule has 0 spiro atoms. The van der Waals surface area contributed by atoms with Crippen molar-refractivity contribution in [3.05, 3.63) is 22.4 Å². The summed E-state index contributed by atoms with van der Waals surface area (Å²) in [6.45, 7) is -14.7. The molecule has 1 aliphatic carbocycles. The number of aromatic nitrogens is 1. The third-order valence-corrected chi connectivity index (χ3v) is 5.59. The van der Waals surface area contributed by atoms with Gasteiger partial charge in [-0.3, -0.25) is 4.79 Å². The zero-order chi connectivity index (χ0) is 34.6. The molecule has 2 aliphatic heterocycles. The molecule has 0 radical (unpaired) electrons. The van der Waals surface area contributed by atoms with Gasteiger partial charge in [0.15, 0.2) is 0 Å². The number of fused-ring (bicyclic) bond motifs is 1. The summed E-state index contributed by atoms with van der Waals surface area (Å²) in [5.74, 6) is -6.70. The van der Waals surface area contributed by atoms with Gasteiger partial charge in [0, 0.05) is 53.4 Å². The number of carbonyl (C=O) groups excluding carboxylic acids is 1. The molecule has 3 heterocycles. The number of hydrogen-bond acceptors (Lipinski definition) is 5. The van der Waals surface area contributed by atoms with Crippen LogP contribution in [0.3, 0.4) is 0 Å². The van der Waals surface area contributed by atoms with Crippen molar-refractivity contribution in [1.29, 1.82) is 5.26 Å². The maximum atomic E-state index is 13.6. The number of hydrogen-bond donors (Lipinski definition) is 0. The van der Waals surface area contributed by atoms with Gasteiger partial charge in [0.25, 0.3) is 0 Å². The lowest BCUT2D eigenvalue weighted by Gasteiger charge is -2.44. The summed E-state index contributed by atoms with van der Waals surface area (Å²) >= 11 is 0. The largest absolute Gasteiger partial charge is 0.370 e. The van der Waals surface area contributed by atoms with E-state index in [-0.39, 0.29) is 35.2 Å². The molecule has 0 bridgehead atoms. The molecule has 4 rings (SSSR count). The zero-order valence-corrected chi connectivity index (χ0v) is 17.9. The molecule has 1 aromatic rings. The van der Waals surface area contributed by atoms with Crippen molar-refractivity contribution in [3.8, 4) is 6.07 Å². The molecule has 1 aromatic heterocycles. The van der Waals surface area contributed by atoms with Crippen LogP contribution in [0.15, 0.2) is 0 Å². The smallest absolute Gasteiger partial charge is 0.222 e. The van der Waals surface area contributed by atoms with Crippen molar-refractivity contribution in [2.75, 3.05) is 24.4 Å². The average molecular weight is 439 g/mol. The molecule has 3 aliphatic rings. The van der Waals surface area contributed by atoms with Crippen LogP contribution < -0.4 is 4.90 Å². The second-order valence-electron chi connectivity index (χ2n) is 8.64. The van der Waals surface area contributed by atoms with E-state index in [2.05, 4.69) is 4.98 Å². The SMILES string of the molecule is [2H]C([2H])([2H])C([2H])(C([2H])([2H])[2H])[C@@]1([2H])N(C(=O)CCC)C([2H])([2H])C([2H])([2H])N(c2nc(C3CC3)c3c(c2C#N)CC(C)(C)OC3)C1([2H])[2H]. The van der Waals surface area contributed by atoms with Gasteiger partial charge >= 0.3 is 0 Å².